The second kappa shape index (κ2) is 3.64. The van der Waals surface area contributed by atoms with Crippen LogP contribution in [0.4, 0.5) is 0 Å². The van der Waals surface area contributed by atoms with E-state index in [-0.39, 0.29) is 0 Å². The number of hydrogen-bond acceptors (Lipinski definition) is 1. The second-order valence-electron chi connectivity index (χ2n) is 2.96. The van der Waals surface area contributed by atoms with Crippen LogP contribution < -0.4 is 0 Å². The molecule has 1 heterocycles. The van der Waals surface area contributed by atoms with Crippen molar-refractivity contribution in [3.05, 3.63) is 46.2 Å². The van der Waals surface area contributed by atoms with Gasteiger partial charge >= 0.3 is 0 Å². The summed E-state index contributed by atoms with van der Waals surface area (Å²) in [7, 11) is 0. The van der Waals surface area contributed by atoms with Crippen molar-refractivity contribution in [3.8, 4) is 5.69 Å². The molecule has 2 nitrogen and oxygen atoms in total. The Kier molecular flexibility index (Phi) is 2.48. The lowest BCUT2D eigenvalue weighted by Crippen LogP contribution is -1.96. The van der Waals surface area contributed by atoms with Gasteiger partial charge in [0.05, 0.1) is 10.7 Å². The summed E-state index contributed by atoms with van der Waals surface area (Å²) in [5.41, 5.74) is 1.72. The molecule has 4 heteroatoms. The smallest absolute Gasteiger partial charge is 0.0835 e. The van der Waals surface area contributed by atoms with E-state index in [1.807, 2.05) is 31.3 Å². The highest BCUT2D eigenvalue weighted by Gasteiger charge is 2.07. The molecule has 0 spiro atoms. The van der Waals surface area contributed by atoms with Crippen LogP contribution in [-0.2, 0) is 0 Å². The van der Waals surface area contributed by atoms with Gasteiger partial charge in [-0.15, -0.1) is 0 Å². The highest BCUT2D eigenvalue weighted by atomic mass is 35.5. The Morgan fingerprint density at radius 3 is 2.71 bits per heavy atom. The van der Waals surface area contributed by atoms with Crippen molar-refractivity contribution in [2.45, 2.75) is 6.92 Å². The fourth-order valence-corrected chi connectivity index (χ4v) is 1.69. The zero-order chi connectivity index (χ0) is 10.1. The maximum atomic E-state index is 6.14. The number of rotatable bonds is 1. The van der Waals surface area contributed by atoms with Gasteiger partial charge in [0.15, 0.2) is 0 Å². The van der Waals surface area contributed by atoms with Gasteiger partial charge in [-0.3, -0.25) is 0 Å². The van der Waals surface area contributed by atoms with Crippen molar-refractivity contribution in [3.63, 3.8) is 0 Å². The van der Waals surface area contributed by atoms with E-state index in [4.69, 9.17) is 23.2 Å². The zero-order valence-corrected chi connectivity index (χ0v) is 9.05. The second-order valence-corrected chi connectivity index (χ2v) is 3.74. The Morgan fingerprint density at radius 1 is 1.29 bits per heavy atom. The molecule has 72 valence electrons. The maximum absolute atomic E-state index is 6.14. The number of nitrogens with zero attached hydrogens (tertiary/aromatic N) is 2. The van der Waals surface area contributed by atoms with Crippen LogP contribution in [0.3, 0.4) is 0 Å². The molecule has 0 N–H and O–H groups in total. The van der Waals surface area contributed by atoms with E-state index in [1.54, 1.807) is 10.9 Å². The average Bonchev–Trinajstić information content (AvgIpc) is 2.67. The highest BCUT2D eigenvalue weighted by Crippen LogP contribution is 2.29. The van der Waals surface area contributed by atoms with Gasteiger partial charge in [-0.05, 0) is 30.7 Å². The number of benzene rings is 1. The maximum Gasteiger partial charge on any atom is 0.0835 e. The van der Waals surface area contributed by atoms with Crippen LogP contribution in [0.15, 0.2) is 30.6 Å². The van der Waals surface area contributed by atoms with Gasteiger partial charge in [-0.25, -0.2) is 4.68 Å². The molecule has 0 saturated heterocycles. The van der Waals surface area contributed by atoms with Crippen LogP contribution in [0.2, 0.25) is 10.0 Å². The Bertz CT molecular complexity index is 449. The first-order valence-corrected chi connectivity index (χ1v) is 4.90. The third-order valence-corrected chi connectivity index (χ3v) is 2.94. The lowest BCUT2D eigenvalue weighted by atomic mass is 10.2. The summed E-state index contributed by atoms with van der Waals surface area (Å²) in [5.74, 6) is 0. The van der Waals surface area contributed by atoms with Gasteiger partial charge in [0.2, 0.25) is 0 Å². The molecule has 2 rings (SSSR count). The molecule has 0 atom stereocenters. The number of aromatic nitrogens is 2. The third kappa shape index (κ3) is 1.51. The zero-order valence-electron chi connectivity index (χ0n) is 7.54. The van der Waals surface area contributed by atoms with Crippen molar-refractivity contribution in [2.75, 3.05) is 0 Å². The first-order valence-electron chi connectivity index (χ1n) is 4.15. The first-order chi connectivity index (χ1) is 6.70. The molecule has 1 aromatic heterocycles. The molecular formula is C10H8Cl2N2. The molecule has 0 aliphatic carbocycles. The molecule has 0 amide bonds. The van der Waals surface area contributed by atoms with Crippen molar-refractivity contribution in [2.24, 2.45) is 0 Å². The van der Waals surface area contributed by atoms with E-state index in [9.17, 15) is 0 Å². The van der Waals surface area contributed by atoms with Crippen molar-refractivity contribution in [1.29, 1.82) is 0 Å². The van der Waals surface area contributed by atoms with Gasteiger partial charge in [0, 0.05) is 17.4 Å². The predicted octanol–water partition coefficient (Wildman–Crippen LogP) is 3.49. The van der Waals surface area contributed by atoms with Gasteiger partial charge in [0.1, 0.15) is 0 Å². The van der Waals surface area contributed by atoms with Crippen LogP contribution in [0.5, 0.6) is 0 Å². The summed E-state index contributed by atoms with van der Waals surface area (Å²) in [4.78, 5) is 0. The Balaban J connectivity index is 2.61. The molecule has 0 radical (unpaired) electrons. The molecule has 14 heavy (non-hydrogen) atoms. The molecule has 0 bridgehead atoms. The lowest BCUT2D eigenvalue weighted by Gasteiger charge is -2.07. The molecule has 1 aromatic carbocycles. The minimum Gasteiger partial charge on any atom is -0.239 e. The van der Waals surface area contributed by atoms with Crippen LogP contribution in [0, 0.1) is 6.92 Å². The van der Waals surface area contributed by atoms with E-state index in [0.717, 1.165) is 11.3 Å². The molecule has 0 saturated carbocycles. The van der Waals surface area contributed by atoms with Gasteiger partial charge in [-0.1, -0.05) is 23.2 Å². The van der Waals surface area contributed by atoms with Crippen LogP contribution in [0.1, 0.15) is 5.56 Å². The van der Waals surface area contributed by atoms with Gasteiger partial charge in [-0.2, -0.15) is 5.10 Å². The standard InChI is InChI=1S/C10H8Cl2N2/c1-7-8(11)3-4-9(10(7)12)14-6-2-5-13-14/h2-6H,1H3. The van der Waals surface area contributed by atoms with E-state index in [2.05, 4.69) is 5.10 Å². The summed E-state index contributed by atoms with van der Waals surface area (Å²) >= 11 is 12.1. The molecule has 0 aliphatic heterocycles. The summed E-state index contributed by atoms with van der Waals surface area (Å²) in [6, 6.07) is 5.52. The van der Waals surface area contributed by atoms with Crippen LogP contribution in [0.25, 0.3) is 5.69 Å². The molecular weight excluding hydrogens is 219 g/mol. The van der Waals surface area contributed by atoms with Gasteiger partial charge in [0.25, 0.3) is 0 Å². The Hall–Kier alpha value is -0.990. The molecule has 2 aromatic rings. The lowest BCUT2D eigenvalue weighted by molar-refractivity contribution is 0.879. The Morgan fingerprint density at radius 2 is 2.07 bits per heavy atom. The third-order valence-electron chi connectivity index (χ3n) is 2.05. The minimum absolute atomic E-state index is 0.640. The van der Waals surface area contributed by atoms with Crippen LogP contribution >= 0.6 is 23.2 Å². The fourth-order valence-electron chi connectivity index (χ4n) is 1.24. The van der Waals surface area contributed by atoms with Crippen molar-refractivity contribution in [1.82, 2.24) is 9.78 Å². The normalized spacial score (nSPS) is 10.5. The average molecular weight is 227 g/mol. The summed E-state index contributed by atoms with van der Waals surface area (Å²) in [6.45, 7) is 1.89. The first kappa shape index (κ1) is 9.56. The molecule has 0 fully saturated rings. The highest BCUT2D eigenvalue weighted by molar-refractivity contribution is 6.37. The van der Waals surface area contributed by atoms with Crippen molar-refractivity contribution < 1.29 is 0 Å². The van der Waals surface area contributed by atoms with E-state index < -0.39 is 0 Å². The minimum atomic E-state index is 0.640. The number of halogens is 2. The SMILES string of the molecule is Cc1c(Cl)ccc(-n2cccn2)c1Cl. The predicted molar refractivity (Wildman–Crippen MR) is 58.3 cm³/mol. The topological polar surface area (TPSA) is 17.8 Å². The molecule has 0 aliphatic rings. The van der Waals surface area contributed by atoms with E-state index in [1.165, 1.54) is 0 Å². The molecule has 0 unspecified atom stereocenters. The summed E-state index contributed by atoms with van der Waals surface area (Å²) in [6.07, 6.45) is 3.55. The van der Waals surface area contributed by atoms with Crippen LogP contribution in [-0.4, -0.2) is 9.78 Å². The Labute approximate surface area is 92.1 Å². The monoisotopic (exact) mass is 226 g/mol. The summed E-state index contributed by atoms with van der Waals surface area (Å²) < 4.78 is 1.71. The summed E-state index contributed by atoms with van der Waals surface area (Å²) in [5, 5.41) is 5.42. The number of hydrogen-bond donors (Lipinski definition) is 0. The van der Waals surface area contributed by atoms with Crippen molar-refractivity contribution >= 4 is 23.2 Å². The quantitative estimate of drug-likeness (QED) is 0.729. The van der Waals surface area contributed by atoms with E-state index >= 15 is 0 Å². The fraction of sp³-hybridized carbons (Fsp3) is 0.100. The van der Waals surface area contributed by atoms with Gasteiger partial charge < -0.3 is 0 Å². The largest absolute Gasteiger partial charge is 0.239 e. The van der Waals surface area contributed by atoms with E-state index in [0.29, 0.717) is 10.0 Å².